The molecule has 0 saturated heterocycles. The van der Waals surface area contributed by atoms with Crippen LogP contribution in [0, 0.1) is 10.1 Å². The summed E-state index contributed by atoms with van der Waals surface area (Å²) in [6, 6.07) is 10.3. The maximum Gasteiger partial charge on any atom is 0.353 e. The number of anilines is 4. The van der Waals surface area contributed by atoms with Crippen molar-refractivity contribution in [2.45, 2.75) is 0 Å². The smallest absolute Gasteiger partial charge is 0.353 e. The quantitative estimate of drug-likeness (QED) is 0.380. The standard InChI is InChI=1S/C17H11Cl2N5O4/c18-10-5-11(19)7-13(6-10)23-16-14(24(27)28)15(20-8-21-16)22-12-3-1-9(2-4-12)17(25)26/h1-8H,(H,25,26)(H2,20,21,22,23). The number of hydrogen-bond acceptors (Lipinski definition) is 7. The molecule has 2 aromatic carbocycles. The van der Waals surface area contributed by atoms with E-state index in [4.69, 9.17) is 28.3 Å². The molecule has 28 heavy (non-hydrogen) atoms. The SMILES string of the molecule is O=C(O)c1ccc(Nc2ncnc(Nc3cc(Cl)cc(Cl)c3)c2[N+](=O)[O-])cc1. The maximum atomic E-state index is 11.6. The molecule has 0 amide bonds. The third kappa shape index (κ3) is 4.45. The first kappa shape index (κ1) is 19.3. The molecule has 3 N–H and O–H groups in total. The topological polar surface area (TPSA) is 130 Å². The number of halogens is 2. The van der Waals surface area contributed by atoms with Crippen LogP contribution in [0.4, 0.5) is 28.7 Å². The molecule has 0 radical (unpaired) electrons. The average Bonchev–Trinajstić information content (AvgIpc) is 2.61. The zero-order valence-electron chi connectivity index (χ0n) is 13.9. The highest BCUT2D eigenvalue weighted by Gasteiger charge is 2.23. The van der Waals surface area contributed by atoms with Crippen LogP contribution in [-0.2, 0) is 0 Å². The molecule has 0 bridgehead atoms. The monoisotopic (exact) mass is 419 g/mol. The molecule has 0 spiro atoms. The van der Waals surface area contributed by atoms with Gasteiger partial charge in [0.2, 0.25) is 11.6 Å². The molecule has 0 fully saturated rings. The van der Waals surface area contributed by atoms with Crippen LogP contribution in [0.2, 0.25) is 10.0 Å². The van der Waals surface area contributed by atoms with Crippen LogP contribution < -0.4 is 10.6 Å². The number of nitro groups is 1. The number of nitrogens with zero attached hydrogens (tertiary/aromatic N) is 3. The number of carbonyl (C=O) groups is 1. The van der Waals surface area contributed by atoms with Gasteiger partial charge in [-0.15, -0.1) is 0 Å². The van der Waals surface area contributed by atoms with Crippen molar-refractivity contribution >= 4 is 57.9 Å². The Kier molecular flexibility index (Phi) is 5.57. The van der Waals surface area contributed by atoms with Gasteiger partial charge in [-0.1, -0.05) is 23.2 Å². The van der Waals surface area contributed by atoms with Crippen LogP contribution in [0.3, 0.4) is 0 Å². The number of nitrogens with one attached hydrogen (secondary N) is 2. The summed E-state index contributed by atoms with van der Waals surface area (Å²) < 4.78 is 0. The molecule has 0 saturated carbocycles. The van der Waals surface area contributed by atoms with Gasteiger partial charge in [-0.3, -0.25) is 10.1 Å². The molecule has 0 unspecified atom stereocenters. The van der Waals surface area contributed by atoms with Gasteiger partial charge in [-0.25, -0.2) is 14.8 Å². The summed E-state index contributed by atoms with van der Waals surface area (Å²) in [5.41, 5.74) is 0.517. The van der Waals surface area contributed by atoms with Crippen molar-refractivity contribution in [3.8, 4) is 0 Å². The van der Waals surface area contributed by atoms with E-state index in [-0.39, 0.29) is 17.2 Å². The van der Waals surface area contributed by atoms with Crippen LogP contribution in [0.5, 0.6) is 0 Å². The molecule has 3 rings (SSSR count). The van der Waals surface area contributed by atoms with Crippen molar-refractivity contribution in [3.63, 3.8) is 0 Å². The second kappa shape index (κ2) is 8.07. The van der Waals surface area contributed by atoms with E-state index in [0.717, 1.165) is 6.33 Å². The van der Waals surface area contributed by atoms with E-state index in [0.29, 0.717) is 21.4 Å². The Morgan fingerprint density at radius 1 is 0.964 bits per heavy atom. The zero-order chi connectivity index (χ0) is 20.3. The maximum absolute atomic E-state index is 11.6. The fraction of sp³-hybridized carbons (Fsp3) is 0. The molecular formula is C17H11Cl2N5O4. The van der Waals surface area contributed by atoms with Gasteiger partial charge >= 0.3 is 11.7 Å². The second-order valence-electron chi connectivity index (χ2n) is 5.47. The van der Waals surface area contributed by atoms with E-state index in [1.807, 2.05) is 0 Å². The Morgan fingerprint density at radius 3 is 2.00 bits per heavy atom. The first-order chi connectivity index (χ1) is 13.3. The van der Waals surface area contributed by atoms with Gasteiger partial charge in [0.15, 0.2) is 0 Å². The minimum absolute atomic E-state index is 0.0667. The summed E-state index contributed by atoms with van der Waals surface area (Å²) in [6.45, 7) is 0. The second-order valence-corrected chi connectivity index (χ2v) is 6.34. The van der Waals surface area contributed by atoms with Crippen LogP contribution in [0.25, 0.3) is 0 Å². The first-order valence-corrected chi connectivity index (χ1v) is 8.42. The number of carboxylic acids is 1. The average molecular weight is 420 g/mol. The van der Waals surface area contributed by atoms with Gasteiger partial charge in [0, 0.05) is 21.4 Å². The lowest BCUT2D eigenvalue weighted by Gasteiger charge is -2.11. The molecule has 0 aliphatic heterocycles. The van der Waals surface area contributed by atoms with Gasteiger partial charge in [0.05, 0.1) is 10.5 Å². The number of rotatable bonds is 6. The number of hydrogen-bond donors (Lipinski definition) is 3. The fourth-order valence-electron chi connectivity index (χ4n) is 2.33. The molecule has 1 heterocycles. The summed E-state index contributed by atoms with van der Waals surface area (Å²) in [7, 11) is 0. The number of carboxylic acid groups (broad SMARTS) is 1. The van der Waals surface area contributed by atoms with E-state index in [1.54, 1.807) is 0 Å². The van der Waals surface area contributed by atoms with E-state index in [1.165, 1.54) is 42.5 Å². The Hall–Kier alpha value is -3.43. The van der Waals surface area contributed by atoms with Crippen LogP contribution in [0.1, 0.15) is 10.4 Å². The molecule has 0 atom stereocenters. The minimum atomic E-state index is -1.08. The molecule has 142 valence electrons. The van der Waals surface area contributed by atoms with Gasteiger partial charge in [-0.2, -0.15) is 0 Å². The molecule has 11 heteroatoms. The van der Waals surface area contributed by atoms with E-state index in [2.05, 4.69) is 20.6 Å². The summed E-state index contributed by atoms with van der Waals surface area (Å²) in [5.74, 6) is -1.21. The summed E-state index contributed by atoms with van der Waals surface area (Å²) in [5, 5.41) is 26.9. The summed E-state index contributed by atoms with van der Waals surface area (Å²) in [6.07, 6.45) is 1.15. The Morgan fingerprint density at radius 2 is 1.50 bits per heavy atom. The van der Waals surface area contributed by atoms with Crippen LogP contribution in [-0.4, -0.2) is 26.0 Å². The van der Waals surface area contributed by atoms with Crippen molar-refractivity contribution in [3.05, 3.63) is 74.5 Å². The Labute approximate surface area is 168 Å². The van der Waals surface area contributed by atoms with Crippen LogP contribution in [0.15, 0.2) is 48.8 Å². The van der Waals surface area contributed by atoms with Crippen molar-refractivity contribution in [1.29, 1.82) is 0 Å². The lowest BCUT2D eigenvalue weighted by Crippen LogP contribution is -2.05. The number of aromatic carboxylic acids is 1. The fourth-order valence-corrected chi connectivity index (χ4v) is 2.86. The van der Waals surface area contributed by atoms with Gasteiger partial charge in [-0.05, 0) is 42.5 Å². The number of aromatic nitrogens is 2. The Bertz CT molecular complexity index is 1040. The molecule has 3 aromatic rings. The van der Waals surface area contributed by atoms with E-state index < -0.39 is 16.6 Å². The van der Waals surface area contributed by atoms with Crippen molar-refractivity contribution in [2.75, 3.05) is 10.6 Å². The van der Waals surface area contributed by atoms with Gasteiger partial charge < -0.3 is 15.7 Å². The Balaban J connectivity index is 1.95. The predicted molar refractivity (Wildman–Crippen MR) is 105 cm³/mol. The highest BCUT2D eigenvalue weighted by molar-refractivity contribution is 6.35. The molecular weight excluding hydrogens is 409 g/mol. The van der Waals surface area contributed by atoms with Crippen molar-refractivity contribution in [2.24, 2.45) is 0 Å². The highest BCUT2D eigenvalue weighted by Crippen LogP contribution is 2.34. The molecule has 9 nitrogen and oxygen atoms in total. The molecule has 1 aromatic heterocycles. The van der Waals surface area contributed by atoms with Crippen molar-refractivity contribution < 1.29 is 14.8 Å². The van der Waals surface area contributed by atoms with Crippen molar-refractivity contribution in [1.82, 2.24) is 9.97 Å². The predicted octanol–water partition coefficient (Wildman–Crippen LogP) is 4.88. The lowest BCUT2D eigenvalue weighted by molar-refractivity contribution is -0.383. The van der Waals surface area contributed by atoms with Crippen LogP contribution >= 0.6 is 23.2 Å². The summed E-state index contributed by atoms with van der Waals surface area (Å²) in [4.78, 5) is 29.7. The van der Waals surface area contributed by atoms with E-state index >= 15 is 0 Å². The lowest BCUT2D eigenvalue weighted by atomic mass is 10.2. The number of benzene rings is 2. The minimum Gasteiger partial charge on any atom is -0.478 e. The normalized spacial score (nSPS) is 10.4. The molecule has 0 aliphatic carbocycles. The highest BCUT2D eigenvalue weighted by atomic mass is 35.5. The van der Waals surface area contributed by atoms with Gasteiger partial charge in [0.25, 0.3) is 0 Å². The third-order valence-electron chi connectivity index (χ3n) is 3.52. The van der Waals surface area contributed by atoms with Gasteiger partial charge in [0.1, 0.15) is 6.33 Å². The third-order valence-corrected chi connectivity index (χ3v) is 3.96. The molecule has 0 aliphatic rings. The largest absolute Gasteiger partial charge is 0.478 e. The van der Waals surface area contributed by atoms with E-state index in [9.17, 15) is 14.9 Å². The first-order valence-electron chi connectivity index (χ1n) is 7.66. The summed E-state index contributed by atoms with van der Waals surface area (Å²) >= 11 is 11.9. The zero-order valence-corrected chi connectivity index (χ0v) is 15.4.